The maximum atomic E-state index is 12.3. The van der Waals surface area contributed by atoms with Gasteiger partial charge in [0, 0.05) is 0 Å². The van der Waals surface area contributed by atoms with Crippen LogP contribution in [-0.2, 0) is 14.4 Å². The maximum absolute atomic E-state index is 12.3. The fraction of sp³-hybridized carbons (Fsp3) is 0.471. The van der Waals surface area contributed by atoms with Crippen LogP contribution in [0.4, 0.5) is 5.69 Å². The Morgan fingerprint density at radius 2 is 2.08 bits per heavy atom. The van der Waals surface area contributed by atoms with Crippen LogP contribution in [0.25, 0.3) is 0 Å². The molecule has 2 atom stereocenters. The molecule has 0 radical (unpaired) electrons. The third-order valence-corrected chi connectivity index (χ3v) is 4.27. The second kappa shape index (κ2) is 6.51. The highest BCUT2D eigenvalue weighted by Gasteiger charge is 2.34. The van der Waals surface area contributed by atoms with Gasteiger partial charge in [-0.1, -0.05) is 25.0 Å². The van der Waals surface area contributed by atoms with Gasteiger partial charge in [0.2, 0.25) is 5.91 Å². The summed E-state index contributed by atoms with van der Waals surface area (Å²) in [6.45, 7) is 1.40. The second-order valence-corrected chi connectivity index (χ2v) is 6.29. The zero-order chi connectivity index (χ0) is 17.3. The standard InChI is InChI=1S/C17H20N2O5/c1-10-16(21)19(13-4-2-3-5-14(13)24-10)9-15(20)18-12(17(22)23)8-11-6-7-11/h2-5,10-12H,6-9H2,1H3,(H,18,20)(H,22,23). The van der Waals surface area contributed by atoms with Gasteiger partial charge in [0.15, 0.2) is 6.10 Å². The Bertz CT molecular complexity index is 671. The summed E-state index contributed by atoms with van der Waals surface area (Å²) in [5.74, 6) is -0.946. The van der Waals surface area contributed by atoms with Gasteiger partial charge in [-0.15, -0.1) is 0 Å². The minimum absolute atomic E-state index is 0.224. The molecule has 1 aliphatic carbocycles. The number of para-hydroxylation sites is 2. The van der Waals surface area contributed by atoms with Crippen LogP contribution in [0, 0.1) is 5.92 Å². The Hall–Kier alpha value is -2.57. The molecule has 0 saturated heterocycles. The van der Waals surface area contributed by atoms with E-state index < -0.39 is 24.0 Å². The monoisotopic (exact) mass is 332 g/mol. The van der Waals surface area contributed by atoms with Gasteiger partial charge < -0.3 is 15.2 Å². The molecule has 1 aliphatic heterocycles. The first-order chi connectivity index (χ1) is 11.5. The minimum Gasteiger partial charge on any atom is -0.480 e. The first-order valence-electron chi connectivity index (χ1n) is 8.05. The molecule has 1 heterocycles. The lowest BCUT2D eigenvalue weighted by molar-refractivity contribution is -0.142. The average Bonchev–Trinajstić information content (AvgIpc) is 3.35. The summed E-state index contributed by atoms with van der Waals surface area (Å²) in [6, 6.07) is 6.06. The molecular formula is C17H20N2O5. The summed E-state index contributed by atoms with van der Waals surface area (Å²) >= 11 is 0. The van der Waals surface area contributed by atoms with Gasteiger partial charge in [0.1, 0.15) is 18.3 Å². The fourth-order valence-corrected chi connectivity index (χ4v) is 2.81. The highest BCUT2D eigenvalue weighted by Crippen LogP contribution is 2.34. The van der Waals surface area contributed by atoms with Crippen molar-refractivity contribution in [1.82, 2.24) is 5.32 Å². The number of carboxylic acids is 1. The lowest BCUT2D eigenvalue weighted by Crippen LogP contribution is -2.51. The van der Waals surface area contributed by atoms with Gasteiger partial charge in [-0.05, 0) is 31.4 Å². The van der Waals surface area contributed by atoms with Crippen LogP contribution in [0.2, 0.25) is 0 Å². The summed E-state index contributed by atoms with van der Waals surface area (Å²) < 4.78 is 5.52. The summed E-state index contributed by atoms with van der Waals surface area (Å²) in [6.07, 6.45) is 1.76. The van der Waals surface area contributed by atoms with Crippen LogP contribution < -0.4 is 15.0 Å². The smallest absolute Gasteiger partial charge is 0.326 e. The predicted octanol–water partition coefficient (Wildman–Crippen LogP) is 1.17. The van der Waals surface area contributed by atoms with Crippen molar-refractivity contribution in [3.8, 4) is 5.75 Å². The third-order valence-electron chi connectivity index (χ3n) is 4.27. The van der Waals surface area contributed by atoms with Gasteiger partial charge in [-0.25, -0.2) is 4.79 Å². The van der Waals surface area contributed by atoms with Crippen molar-refractivity contribution in [3.05, 3.63) is 24.3 Å². The Balaban J connectivity index is 1.70. The number of fused-ring (bicyclic) bond motifs is 1. The topological polar surface area (TPSA) is 95.9 Å². The summed E-state index contributed by atoms with van der Waals surface area (Å²) in [5.41, 5.74) is 0.518. The van der Waals surface area contributed by atoms with Crippen molar-refractivity contribution in [1.29, 1.82) is 0 Å². The van der Waals surface area contributed by atoms with Gasteiger partial charge in [-0.3, -0.25) is 14.5 Å². The van der Waals surface area contributed by atoms with E-state index in [1.807, 2.05) is 0 Å². The van der Waals surface area contributed by atoms with E-state index in [1.165, 1.54) is 4.90 Å². The van der Waals surface area contributed by atoms with Crippen molar-refractivity contribution in [2.24, 2.45) is 5.92 Å². The van der Waals surface area contributed by atoms with Crippen molar-refractivity contribution >= 4 is 23.5 Å². The van der Waals surface area contributed by atoms with E-state index in [9.17, 15) is 19.5 Å². The van der Waals surface area contributed by atoms with E-state index in [-0.39, 0.29) is 12.5 Å². The van der Waals surface area contributed by atoms with Crippen LogP contribution in [-0.4, -0.2) is 41.6 Å². The molecule has 0 bridgehead atoms. The molecule has 7 nitrogen and oxygen atoms in total. The number of nitrogens with one attached hydrogen (secondary N) is 1. The van der Waals surface area contributed by atoms with Gasteiger partial charge in [0.25, 0.3) is 5.91 Å². The molecule has 2 unspecified atom stereocenters. The number of hydrogen-bond donors (Lipinski definition) is 2. The van der Waals surface area contributed by atoms with Gasteiger partial charge >= 0.3 is 5.97 Å². The zero-order valence-electron chi connectivity index (χ0n) is 13.4. The molecule has 2 N–H and O–H groups in total. The van der Waals surface area contributed by atoms with Crippen molar-refractivity contribution < 1.29 is 24.2 Å². The number of hydrogen-bond acceptors (Lipinski definition) is 4. The summed E-state index contributed by atoms with van der Waals surface area (Å²) in [5, 5.41) is 11.8. The number of benzene rings is 1. The first kappa shape index (κ1) is 16.3. The van der Waals surface area contributed by atoms with Crippen molar-refractivity contribution in [2.75, 3.05) is 11.4 Å². The Labute approximate surface area is 139 Å². The predicted molar refractivity (Wildman–Crippen MR) is 85.8 cm³/mol. The highest BCUT2D eigenvalue weighted by atomic mass is 16.5. The Kier molecular flexibility index (Phi) is 4.42. The van der Waals surface area contributed by atoms with Crippen LogP contribution >= 0.6 is 0 Å². The number of carbonyl (C=O) groups excluding carboxylic acids is 2. The molecule has 1 saturated carbocycles. The molecule has 0 aromatic heterocycles. The number of amides is 2. The van der Waals surface area contributed by atoms with Crippen molar-refractivity contribution in [3.63, 3.8) is 0 Å². The molecule has 2 amide bonds. The third kappa shape index (κ3) is 3.50. The number of ether oxygens (including phenoxy) is 1. The van der Waals surface area contributed by atoms with E-state index in [0.29, 0.717) is 23.8 Å². The highest BCUT2D eigenvalue weighted by molar-refractivity contribution is 6.04. The molecule has 3 rings (SSSR count). The number of carboxylic acid groups (broad SMARTS) is 1. The zero-order valence-corrected chi connectivity index (χ0v) is 13.4. The lowest BCUT2D eigenvalue weighted by atomic mass is 10.1. The van der Waals surface area contributed by atoms with E-state index in [1.54, 1.807) is 31.2 Å². The molecule has 1 aromatic carbocycles. The molecular weight excluding hydrogens is 312 g/mol. The Morgan fingerprint density at radius 1 is 1.38 bits per heavy atom. The quantitative estimate of drug-likeness (QED) is 0.815. The molecule has 0 spiro atoms. The molecule has 1 fully saturated rings. The van der Waals surface area contributed by atoms with E-state index >= 15 is 0 Å². The summed E-state index contributed by atoms with van der Waals surface area (Å²) in [4.78, 5) is 37.2. The van der Waals surface area contributed by atoms with Crippen LogP contribution in [0.1, 0.15) is 26.2 Å². The molecule has 24 heavy (non-hydrogen) atoms. The van der Waals surface area contributed by atoms with Gasteiger partial charge in [-0.2, -0.15) is 0 Å². The number of nitrogens with zero attached hydrogens (tertiary/aromatic N) is 1. The largest absolute Gasteiger partial charge is 0.480 e. The lowest BCUT2D eigenvalue weighted by Gasteiger charge is -2.32. The van der Waals surface area contributed by atoms with E-state index in [2.05, 4.69) is 5.32 Å². The summed E-state index contributed by atoms with van der Waals surface area (Å²) in [7, 11) is 0. The minimum atomic E-state index is -1.04. The Morgan fingerprint density at radius 3 is 2.75 bits per heavy atom. The molecule has 128 valence electrons. The molecule has 2 aliphatic rings. The number of carbonyl (C=O) groups is 3. The van der Waals surface area contributed by atoms with E-state index in [4.69, 9.17) is 4.74 Å². The van der Waals surface area contributed by atoms with Crippen LogP contribution in [0.5, 0.6) is 5.75 Å². The average molecular weight is 332 g/mol. The fourth-order valence-electron chi connectivity index (χ4n) is 2.81. The molecule has 1 aromatic rings. The normalized spacial score (nSPS) is 20.8. The number of anilines is 1. The van der Waals surface area contributed by atoms with Crippen LogP contribution in [0.15, 0.2) is 24.3 Å². The molecule has 7 heteroatoms. The number of rotatable bonds is 6. The van der Waals surface area contributed by atoms with E-state index in [0.717, 1.165) is 12.8 Å². The second-order valence-electron chi connectivity index (χ2n) is 6.29. The number of aliphatic carboxylic acids is 1. The van der Waals surface area contributed by atoms with Crippen LogP contribution in [0.3, 0.4) is 0 Å². The maximum Gasteiger partial charge on any atom is 0.326 e. The SMILES string of the molecule is CC1Oc2ccccc2N(CC(=O)NC(CC2CC2)C(=O)O)C1=O. The van der Waals surface area contributed by atoms with Crippen molar-refractivity contribution in [2.45, 2.75) is 38.3 Å². The first-order valence-corrected chi connectivity index (χ1v) is 8.05. The van der Waals surface area contributed by atoms with Gasteiger partial charge in [0.05, 0.1) is 5.69 Å².